The number of amides is 1. The Labute approximate surface area is 216 Å². The zero-order valence-electron chi connectivity index (χ0n) is 20.2. The largest absolute Gasteiger partial charge is 0.506 e. The number of nitrogens with one attached hydrogen (secondary N) is 2. The molecule has 0 radical (unpaired) electrons. The number of hydrogen-bond donors (Lipinski definition) is 3. The van der Waals surface area contributed by atoms with Crippen molar-refractivity contribution in [1.82, 2.24) is 24.4 Å². The molecule has 0 spiro atoms. The van der Waals surface area contributed by atoms with E-state index in [2.05, 4.69) is 25.2 Å². The van der Waals surface area contributed by atoms with E-state index in [-0.39, 0.29) is 39.3 Å². The summed E-state index contributed by atoms with van der Waals surface area (Å²) in [5, 5.41) is 13.4. The Morgan fingerprint density at radius 1 is 1.14 bits per heavy atom. The number of phenolic OH excluding ortho intramolecular Hbond substituents is 1. The van der Waals surface area contributed by atoms with E-state index in [4.69, 9.17) is 11.6 Å². The normalized spacial score (nSPS) is 13.7. The van der Waals surface area contributed by atoms with E-state index >= 15 is 0 Å². The van der Waals surface area contributed by atoms with Gasteiger partial charge in [0.15, 0.2) is 5.65 Å². The van der Waals surface area contributed by atoms with Gasteiger partial charge in [0.05, 0.1) is 5.02 Å². The molecule has 0 atom stereocenters. The van der Waals surface area contributed by atoms with Crippen LogP contribution < -0.4 is 21.5 Å². The lowest BCUT2D eigenvalue weighted by molar-refractivity contribution is -0.129. The van der Waals surface area contributed by atoms with Crippen LogP contribution in [0.4, 0.5) is 17.3 Å². The number of H-pyrrole nitrogens is 1. The smallest absolute Gasteiger partial charge is 0.334 e. The van der Waals surface area contributed by atoms with Gasteiger partial charge in [-0.05, 0) is 42.8 Å². The molecule has 2 aromatic heterocycles. The van der Waals surface area contributed by atoms with Crippen LogP contribution in [0.1, 0.15) is 12.5 Å². The number of aromatic hydroxyl groups is 1. The van der Waals surface area contributed by atoms with Crippen LogP contribution in [0.25, 0.3) is 16.7 Å². The molecule has 3 N–H and O–H groups in total. The molecule has 2 aromatic carbocycles. The van der Waals surface area contributed by atoms with Gasteiger partial charge in [-0.3, -0.25) is 14.6 Å². The van der Waals surface area contributed by atoms with Gasteiger partial charge in [-0.2, -0.15) is 4.98 Å². The summed E-state index contributed by atoms with van der Waals surface area (Å²) in [4.78, 5) is 52.6. The maximum atomic E-state index is 13.1. The highest BCUT2D eigenvalue weighted by Gasteiger charge is 2.20. The van der Waals surface area contributed by atoms with E-state index in [0.717, 1.165) is 34.6 Å². The molecule has 11 nitrogen and oxygen atoms in total. The summed E-state index contributed by atoms with van der Waals surface area (Å²) in [6.45, 7) is 6.50. The predicted molar refractivity (Wildman–Crippen MR) is 141 cm³/mol. The molecular weight excluding hydrogens is 498 g/mol. The van der Waals surface area contributed by atoms with E-state index in [9.17, 15) is 19.5 Å². The number of phenols is 1. The van der Waals surface area contributed by atoms with Crippen LogP contribution in [0.5, 0.6) is 5.75 Å². The predicted octanol–water partition coefficient (Wildman–Crippen LogP) is 2.55. The molecule has 12 heteroatoms. The van der Waals surface area contributed by atoms with E-state index in [1.54, 1.807) is 6.92 Å². The lowest BCUT2D eigenvalue weighted by Gasteiger charge is -2.36. The fraction of sp³-hybridized carbons (Fsp3) is 0.240. The third-order valence-corrected chi connectivity index (χ3v) is 6.66. The molecular formula is C25H24ClN7O4. The molecule has 37 heavy (non-hydrogen) atoms. The number of fused-ring (bicyclic) bond motifs is 1. The average Bonchev–Trinajstić information content (AvgIpc) is 2.86. The Balaban J connectivity index is 1.41. The molecule has 0 bridgehead atoms. The molecule has 5 rings (SSSR count). The molecule has 4 aromatic rings. The number of hydrogen-bond acceptors (Lipinski definition) is 8. The summed E-state index contributed by atoms with van der Waals surface area (Å²) in [7, 11) is 0. The highest BCUT2D eigenvalue weighted by molar-refractivity contribution is 6.32. The van der Waals surface area contributed by atoms with Crippen LogP contribution in [0, 0.1) is 6.92 Å². The van der Waals surface area contributed by atoms with Gasteiger partial charge in [-0.1, -0.05) is 17.7 Å². The second kappa shape index (κ2) is 9.58. The summed E-state index contributed by atoms with van der Waals surface area (Å²) >= 11 is 6.13. The molecule has 3 heterocycles. The first-order valence-electron chi connectivity index (χ1n) is 11.6. The van der Waals surface area contributed by atoms with Crippen LogP contribution in [-0.4, -0.2) is 61.6 Å². The molecule has 0 aliphatic carbocycles. The average molecular weight is 522 g/mol. The van der Waals surface area contributed by atoms with Gasteiger partial charge in [0.1, 0.15) is 16.8 Å². The number of anilines is 3. The fourth-order valence-electron chi connectivity index (χ4n) is 4.47. The number of piperazine rings is 1. The fourth-order valence-corrected chi connectivity index (χ4v) is 4.73. The van der Waals surface area contributed by atoms with Crippen molar-refractivity contribution < 1.29 is 9.90 Å². The SMILES string of the molecule is CC(=O)N1CCN(c2ccc(Nc3ncc4c(=O)n(-c5c(O)cccc5Cl)c(=O)[nH]c4n3)cc2C)CC1. The number of halogens is 1. The van der Waals surface area contributed by atoms with Gasteiger partial charge in [0.25, 0.3) is 5.56 Å². The maximum absolute atomic E-state index is 13.1. The molecule has 0 saturated carbocycles. The Kier molecular flexibility index (Phi) is 6.30. The summed E-state index contributed by atoms with van der Waals surface area (Å²) in [5.41, 5.74) is 1.29. The van der Waals surface area contributed by atoms with Gasteiger partial charge >= 0.3 is 5.69 Å². The standard InChI is InChI=1S/C25H24ClN7O4/c1-14-12-16(6-7-19(14)32-10-8-31(9-11-32)15(2)34)28-24-27-13-17-22(29-24)30-25(37)33(23(17)36)21-18(26)4-3-5-20(21)35/h3-7,12-13,35H,8-11H2,1-2H3,(H2,27,28,29,30,37). The first-order chi connectivity index (χ1) is 17.7. The van der Waals surface area contributed by atoms with Gasteiger partial charge in [-0.15, -0.1) is 0 Å². The van der Waals surface area contributed by atoms with Crippen molar-refractivity contribution in [2.24, 2.45) is 0 Å². The minimum absolute atomic E-state index is 0.0469. The number of carbonyl (C=O) groups is 1. The number of nitrogens with zero attached hydrogens (tertiary/aromatic N) is 5. The van der Waals surface area contributed by atoms with Gasteiger partial charge in [0, 0.05) is 50.7 Å². The van der Waals surface area contributed by atoms with Crippen LogP contribution in [0.2, 0.25) is 5.02 Å². The summed E-state index contributed by atoms with van der Waals surface area (Å²) < 4.78 is 0.759. The molecule has 1 saturated heterocycles. The Morgan fingerprint density at radius 3 is 2.57 bits per heavy atom. The quantitative estimate of drug-likeness (QED) is 0.373. The molecule has 1 aliphatic rings. The van der Waals surface area contributed by atoms with Crippen LogP contribution in [0.3, 0.4) is 0 Å². The lowest BCUT2D eigenvalue weighted by Crippen LogP contribution is -2.48. The minimum Gasteiger partial charge on any atom is -0.506 e. The highest BCUT2D eigenvalue weighted by atomic mass is 35.5. The van der Waals surface area contributed by atoms with Gasteiger partial charge in [0.2, 0.25) is 11.9 Å². The first-order valence-corrected chi connectivity index (χ1v) is 12.0. The second-order valence-corrected chi connectivity index (χ2v) is 9.16. The minimum atomic E-state index is -0.796. The van der Waals surface area contributed by atoms with Crippen molar-refractivity contribution in [2.75, 3.05) is 36.4 Å². The Bertz CT molecular complexity index is 1620. The number of benzene rings is 2. The monoisotopic (exact) mass is 521 g/mol. The number of carbonyl (C=O) groups excluding carboxylic acids is 1. The maximum Gasteiger partial charge on any atom is 0.334 e. The number of aryl methyl sites for hydroxylation is 1. The van der Waals surface area contributed by atoms with E-state index in [1.807, 2.05) is 30.0 Å². The zero-order valence-corrected chi connectivity index (χ0v) is 20.9. The highest BCUT2D eigenvalue weighted by Crippen LogP contribution is 2.28. The van der Waals surface area contributed by atoms with Crippen LogP contribution >= 0.6 is 11.6 Å². The zero-order chi connectivity index (χ0) is 26.3. The van der Waals surface area contributed by atoms with Crippen molar-refractivity contribution in [3.05, 3.63) is 74.0 Å². The van der Waals surface area contributed by atoms with Crippen molar-refractivity contribution in [1.29, 1.82) is 0 Å². The van der Waals surface area contributed by atoms with Gasteiger partial charge in [-0.25, -0.2) is 14.3 Å². The first kappa shape index (κ1) is 24.3. The lowest BCUT2D eigenvalue weighted by atomic mass is 10.1. The Hall–Kier alpha value is -4.38. The summed E-state index contributed by atoms with van der Waals surface area (Å²) in [5.74, 6) is -0.0186. The molecule has 1 fully saturated rings. The van der Waals surface area contributed by atoms with Crippen LogP contribution in [0.15, 0.2) is 52.2 Å². The summed E-state index contributed by atoms with van der Waals surface area (Å²) in [6, 6.07) is 10.2. The van der Waals surface area contributed by atoms with Crippen molar-refractivity contribution >= 4 is 45.9 Å². The number of aromatic amines is 1. The molecule has 0 unspecified atom stereocenters. The van der Waals surface area contributed by atoms with E-state index in [1.165, 1.54) is 24.4 Å². The van der Waals surface area contributed by atoms with E-state index < -0.39 is 11.2 Å². The Morgan fingerprint density at radius 2 is 1.89 bits per heavy atom. The molecule has 190 valence electrons. The third-order valence-electron chi connectivity index (χ3n) is 6.36. The van der Waals surface area contributed by atoms with Crippen molar-refractivity contribution in [3.63, 3.8) is 0 Å². The van der Waals surface area contributed by atoms with Crippen molar-refractivity contribution in [2.45, 2.75) is 13.8 Å². The summed E-state index contributed by atoms with van der Waals surface area (Å²) in [6.07, 6.45) is 1.31. The number of rotatable bonds is 4. The second-order valence-electron chi connectivity index (χ2n) is 8.75. The third kappa shape index (κ3) is 4.60. The number of para-hydroxylation sites is 1. The van der Waals surface area contributed by atoms with Crippen LogP contribution in [-0.2, 0) is 4.79 Å². The van der Waals surface area contributed by atoms with Gasteiger partial charge < -0.3 is 20.2 Å². The molecule has 1 amide bonds. The molecule has 1 aliphatic heterocycles. The van der Waals surface area contributed by atoms with E-state index in [0.29, 0.717) is 13.1 Å². The topological polar surface area (TPSA) is 136 Å². The number of aromatic nitrogens is 4. The van der Waals surface area contributed by atoms with Crippen molar-refractivity contribution in [3.8, 4) is 11.4 Å².